The number of carbonyl (C=O) groups excluding carboxylic acids is 1. The van der Waals surface area contributed by atoms with Gasteiger partial charge in [-0.2, -0.15) is 0 Å². The van der Waals surface area contributed by atoms with Crippen LogP contribution in [0.1, 0.15) is 11.3 Å². The summed E-state index contributed by atoms with van der Waals surface area (Å²) < 4.78 is 7.05. The number of hydrogen-bond donors (Lipinski definition) is 0. The number of rotatable bonds is 3. The zero-order valence-electron chi connectivity index (χ0n) is 12.4. The Bertz CT molecular complexity index is 761. The van der Waals surface area contributed by atoms with Crippen LogP contribution in [0.3, 0.4) is 0 Å². The summed E-state index contributed by atoms with van der Waals surface area (Å²) in [6.45, 7) is 2.17. The maximum Gasteiger partial charge on any atom is 0.419 e. The fourth-order valence-electron chi connectivity index (χ4n) is 2.40. The van der Waals surface area contributed by atoms with Crippen LogP contribution in [-0.4, -0.2) is 10.7 Å². The lowest BCUT2D eigenvalue weighted by Gasteiger charge is -2.11. The van der Waals surface area contributed by atoms with Gasteiger partial charge in [-0.1, -0.05) is 60.7 Å². The van der Waals surface area contributed by atoms with Gasteiger partial charge in [-0.25, -0.2) is 9.36 Å². The summed E-state index contributed by atoms with van der Waals surface area (Å²) in [5.74, 6) is 0. The zero-order chi connectivity index (χ0) is 15.4. The van der Waals surface area contributed by atoms with E-state index in [2.05, 4.69) is 0 Å². The second-order valence-electron chi connectivity index (χ2n) is 5.10. The molecular formula is C19H17NO2. The second-order valence-corrected chi connectivity index (χ2v) is 5.10. The Hall–Kier alpha value is -2.81. The number of carbonyl (C=O) groups is 1. The van der Waals surface area contributed by atoms with E-state index in [1.54, 1.807) is 4.57 Å². The molecule has 2 aromatic carbocycles. The minimum Gasteiger partial charge on any atom is -0.444 e. The standard InChI is InChI=1S/C19H17NO2/c1-15-12-13-18(17-10-6-3-7-11-17)20(15)19(21)22-14-16-8-4-2-5-9-16/h2-13H,14H2,1H3. The summed E-state index contributed by atoms with van der Waals surface area (Å²) >= 11 is 0. The number of ether oxygens (including phenoxy) is 1. The largest absolute Gasteiger partial charge is 0.444 e. The third-order valence-electron chi connectivity index (χ3n) is 3.53. The Morgan fingerprint density at radius 2 is 1.55 bits per heavy atom. The summed E-state index contributed by atoms with van der Waals surface area (Å²) in [5, 5.41) is 0. The van der Waals surface area contributed by atoms with Gasteiger partial charge >= 0.3 is 6.09 Å². The first-order valence-electron chi connectivity index (χ1n) is 7.20. The quantitative estimate of drug-likeness (QED) is 0.703. The van der Waals surface area contributed by atoms with Crippen LogP contribution in [0.5, 0.6) is 0 Å². The lowest BCUT2D eigenvalue weighted by atomic mass is 10.1. The van der Waals surface area contributed by atoms with Gasteiger partial charge in [0.25, 0.3) is 0 Å². The van der Waals surface area contributed by atoms with Crippen LogP contribution >= 0.6 is 0 Å². The molecule has 1 heterocycles. The molecule has 0 radical (unpaired) electrons. The van der Waals surface area contributed by atoms with Gasteiger partial charge in [-0.05, 0) is 30.2 Å². The molecule has 22 heavy (non-hydrogen) atoms. The molecule has 0 saturated heterocycles. The van der Waals surface area contributed by atoms with Gasteiger partial charge in [0, 0.05) is 5.69 Å². The second kappa shape index (κ2) is 6.31. The van der Waals surface area contributed by atoms with E-state index in [-0.39, 0.29) is 12.7 Å². The van der Waals surface area contributed by atoms with E-state index < -0.39 is 0 Å². The SMILES string of the molecule is Cc1ccc(-c2ccccc2)n1C(=O)OCc1ccccc1. The van der Waals surface area contributed by atoms with Crippen LogP contribution in [0.4, 0.5) is 4.79 Å². The molecule has 0 spiro atoms. The highest BCUT2D eigenvalue weighted by Gasteiger charge is 2.15. The highest BCUT2D eigenvalue weighted by molar-refractivity contribution is 5.79. The highest BCUT2D eigenvalue weighted by Crippen LogP contribution is 2.22. The van der Waals surface area contributed by atoms with Crippen molar-refractivity contribution in [3.05, 3.63) is 84.1 Å². The van der Waals surface area contributed by atoms with Gasteiger partial charge in [-0.3, -0.25) is 0 Å². The van der Waals surface area contributed by atoms with Crippen molar-refractivity contribution in [3.63, 3.8) is 0 Å². The predicted molar refractivity (Wildman–Crippen MR) is 86.6 cm³/mol. The maximum absolute atomic E-state index is 12.4. The molecule has 110 valence electrons. The first kappa shape index (κ1) is 14.1. The van der Waals surface area contributed by atoms with E-state index in [0.717, 1.165) is 22.5 Å². The van der Waals surface area contributed by atoms with Gasteiger partial charge in [0.2, 0.25) is 0 Å². The molecule has 0 saturated carbocycles. The molecule has 3 rings (SSSR count). The smallest absolute Gasteiger partial charge is 0.419 e. The Morgan fingerprint density at radius 1 is 0.909 bits per heavy atom. The molecule has 3 heteroatoms. The molecule has 1 aromatic heterocycles. The molecule has 0 N–H and O–H groups in total. The van der Waals surface area contributed by atoms with Gasteiger partial charge in [0.15, 0.2) is 0 Å². The van der Waals surface area contributed by atoms with Gasteiger partial charge in [-0.15, -0.1) is 0 Å². The van der Waals surface area contributed by atoms with Gasteiger partial charge < -0.3 is 4.74 Å². The molecule has 3 aromatic rings. The van der Waals surface area contributed by atoms with Gasteiger partial charge in [0.05, 0.1) is 5.69 Å². The van der Waals surface area contributed by atoms with Crippen LogP contribution in [-0.2, 0) is 11.3 Å². The predicted octanol–water partition coefficient (Wildman–Crippen LogP) is 4.65. The lowest BCUT2D eigenvalue weighted by molar-refractivity contribution is 0.141. The Kier molecular flexibility index (Phi) is 4.05. The summed E-state index contributed by atoms with van der Waals surface area (Å²) in [4.78, 5) is 12.4. The molecule has 0 unspecified atom stereocenters. The molecule has 0 amide bonds. The third kappa shape index (κ3) is 2.93. The van der Waals surface area contributed by atoms with Crippen molar-refractivity contribution in [2.75, 3.05) is 0 Å². The lowest BCUT2D eigenvalue weighted by Crippen LogP contribution is -2.16. The number of aromatic nitrogens is 1. The average Bonchev–Trinajstić information content (AvgIpc) is 2.96. The van der Waals surface area contributed by atoms with E-state index in [1.165, 1.54) is 0 Å². The van der Waals surface area contributed by atoms with Crippen molar-refractivity contribution < 1.29 is 9.53 Å². The number of aryl methyl sites for hydroxylation is 1. The summed E-state index contributed by atoms with van der Waals surface area (Å²) in [6.07, 6.45) is -0.356. The van der Waals surface area contributed by atoms with E-state index in [9.17, 15) is 4.79 Å². The summed E-state index contributed by atoms with van der Waals surface area (Å²) in [6, 6.07) is 23.4. The van der Waals surface area contributed by atoms with Gasteiger partial charge in [0.1, 0.15) is 6.61 Å². The number of benzene rings is 2. The van der Waals surface area contributed by atoms with E-state index in [1.807, 2.05) is 79.7 Å². The summed E-state index contributed by atoms with van der Waals surface area (Å²) in [5.41, 5.74) is 3.67. The molecule has 0 aliphatic carbocycles. The molecule has 0 aliphatic heterocycles. The van der Waals surface area contributed by atoms with Crippen molar-refractivity contribution >= 4 is 6.09 Å². The van der Waals surface area contributed by atoms with Crippen molar-refractivity contribution in [2.45, 2.75) is 13.5 Å². The monoisotopic (exact) mass is 291 g/mol. The Morgan fingerprint density at radius 3 is 2.23 bits per heavy atom. The van der Waals surface area contributed by atoms with Crippen LogP contribution in [0, 0.1) is 6.92 Å². The molecule has 0 atom stereocenters. The van der Waals surface area contributed by atoms with Crippen LogP contribution < -0.4 is 0 Å². The zero-order valence-corrected chi connectivity index (χ0v) is 12.4. The highest BCUT2D eigenvalue weighted by atomic mass is 16.5. The molecule has 0 aliphatic rings. The minimum absolute atomic E-state index is 0.269. The Balaban J connectivity index is 1.82. The third-order valence-corrected chi connectivity index (χ3v) is 3.53. The van der Waals surface area contributed by atoms with Crippen molar-refractivity contribution in [2.24, 2.45) is 0 Å². The van der Waals surface area contributed by atoms with E-state index >= 15 is 0 Å². The number of nitrogens with zero attached hydrogens (tertiary/aromatic N) is 1. The van der Waals surface area contributed by atoms with Crippen LogP contribution in [0.25, 0.3) is 11.3 Å². The van der Waals surface area contributed by atoms with Crippen LogP contribution in [0.15, 0.2) is 72.8 Å². The molecule has 0 bridgehead atoms. The topological polar surface area (TPSA) is 31.2 Å². The molecule has 0 fully saturated rings. The first-order chi connectivity index (χ1) is 10.8. The number of hydrogen-bond acceptors (Lipinski definition) is 2. The first-order valence-corrected chi connectivity index (χ1v) is 7.20. The van der Waals surface area contributed by atoms with Crippen molar-refractivity contribution in [1.82, 2.24) is 4.57 Å². The summed E-state index contributed by atoms with van der Waals surface area (Å²) in [7, 11) is 0. The van der Waals surface area contributed by atoms with Crippen molar-refractivity contribution in [1.29, 1.82) is 0 Å². The van der Waals surface area contributed by atoms with Crippen molar-refractivity contribution in [3.8, 4) is 11.3 Å². The molecular weight excluding hydrogens is 274 g/mol. The fourth-order valence-corrected chi connectivity index (χ4v) is 2.40. The fraction of sp³-hybridized carbons (Fsp3) is 0.105. The van der Waals surface area contributed by atoms with E-state index in [0.29, 0.717) is 0 Å². The normalized spacial score (nSPS) is 10.4. The minimum atomic E-state index is -0.356. The average molecular weight is 291 g/mol. The molecule has 3 nitrogen and oxygen atoms in total. The Labute approximate surface area is 129 Å². The van der Waals surface area contributed by atoms with E-state index in [4.69, 9.17) is 4.74 Å². The van der Waals surface area contributed by atoms with Crippen LogP contribution in [0.2, 0.25) is 0 Å². The maximum atomic E-state index is 12.4.